The summed E-state index contributed by atoms with van der Waals surface area (Å²) in [5, 5.41) is 15.6. The topological polar surface area (TPSA) is 98.9 Å². The van der Waals surface area contributed by atoms with E-state index in [1.54, 1.807) is 12.3 Å². The predicted molar refractivity (Wildman–Crippen MR) is 118 cm³/mol. The number of halogens is 2. The normalized spacial score (nSPS) is 17.8. The van der Waals surface area contributed by atoms with Crippen LogP contribution in [0.4, 0.5) is 5.82 Å². The van der Waals surface area contributed by atoms with Gasteiger partial charge >= 0.3 is 0 Å². The van der Waals surface area contributed by atoms with E-state index in [0.717, 1.165) is 31.5 Å². The molecule has 2 amide bonds. The van der Waals surface area contributed by atoms with Crippen LogP contribution in [0.25, 0.3) is 0 Å². The van der Waals surface area contributed by atoms with Crippen LogP contribution in [0.5, 0.6) is 0 Å². The minimum atomic E-state index is -0.751. The fourth-order valence-electron chi connectivity index (χ4n) is 3.52. The number of hydrogen-bond acceptors (Lipinski definition) is 4. The van der Waals surface area contributed by atoms with Gasteiger partial charge in [0.25, 0.3) is 5.91 Å². The lowest BCUT2D eigenvalue weighted by Gasteiger charge is -2.28. The van der Waals surface area contributed by atoms with Gasteiger partial charge in [-0.05, 0) is 43.3 Å². The Morgan fingerprint density at radius 3 is 2.59 bits per heavy atom. The van der Waals surface area contributed by atoms with Gasteiger partial charge in [-0.15, -0.1) is 24.8 Å². The van der Waals surface area contributed by atoms with Crippen molar-refractivity contribution in [2.24, 2.45) is 11.8 Å². The van der Waals surface area contributed by atoms with E-state index in [4.69, 9.17) is 0 Å². The lowest BCUT2D eigenvalue weighted by Crippen LogP contribution is -2.39. The van der Waals surface area contributed by atoms with Gasteiger partial charge in [0.05, 0.1) is 6.20 Å². The summed E-state index contributed by atoms with van der Waals surface area (Å²) >= 11 is 0. The maximum absolute atomic E-state index is 12.8. The summed E-state index contributed by atoms with van der Waals surface area (Å²) in [6, 6.07) is 10.2. The third-order valence-electron chi connectivity index (χ3n) is 5.11. The van der Waals surface area contributed by atoms with Crippen molar-refractivity contribution in [2.75, 3.05) is 18.4 Å². The maximum atomic E-state index is 12.8. The van der Waals surface area contributed by atoms with Crippen LogP contribution in [0.3, 0.4) is 0 Å². The Morgan fingerprint density at radius 2 is 1.97 bits per heavy atom. The number of nitrogens with one attached hydrogen (secondary N) is 4. The van der Waals surface area contributed by atoms with Gasteiger partial charge in [0.1, 0.15) is 11.9 Å². The number of hydrogen-bond donors (Lipinski definition) is 4. The molecular formula is C20H29Cl2N5O2. The van der Waals surface area contributed by atoms with E-state index in [0.29, 0.717) is 18.2 Å². The number of carbonyl (C=O) groups is 2. The molecule has 3 atom stereocenters. The Hall–Kier alpha value is -2.09. The molecular weight excluding hydrogens is 413 g/mol. The average molecular weight is 442 g/mol. The number of piperidine rings is 1. The van der Waals surface area contributed by atoms with Gasteiger partial charge in [-0.1, -0.05) is 37.3 Å². The van der Waals surface area contributed by atoms with Crippen molar-refractivity contribution in [3.8, 4) is 0 Å². The van der Waals surface area contributed by atoms with E-state index >= 15 is 0 Å². The monoisotopic (exact) mass is 441 g/mol. The van der Waals surface area contributed by atoms with Gasteiger partial charge in [0.15, 0.2) is 0 Å². The molecule has 2 aromatic rings. The standard InChI is InChI=1S/C20H27N5O2.2ClH/c1-14(16-8-5-10-21-13-16)12-18(26)24-19(15-6-3-2-4-7-15)20(27)23-17-9-11-22-25-17;;/h2-4,6-7,9,11,14,16,19,21H,5,8,10,12-13H2,1H3,(H,24,26)(H2,22,23,25,27);2*1H. The Kier molecular flexibility index (Phi) is 10.7. The number of benzene rings is 1. The van der Waals surface area contributed by atoms with E-state index in [9.17, 15) is 9.59 Å². The number of nitrogens with zero attached hydrogens (tertiary/aromatic N) is 1. The van der Waals surface area contributed by atoms with Crippen molar-refractivity contribution in [3.05, 3.63) is 48.2 Å². The van der Waals surface area contributed by atoms with E-state index in [1.165, 1.54) is 0 Å². The number of aromatic nitrogens is 2. The highest BCUT2D eigenvalue weighted by molar-refractivity contribution is 5.97. The largest absolute Gasteiger partial charge is 0.341 e. The zero-order chi connectivity index (χ0) is 19.1. The quantitative estimate of drug-likeness (QED) is 0.530. The lowest BCUT2D eigenvalue weighted by molar-refractivity contribution is -0.127. The average Bonchev–Trinajstić information content (AvgIpc) is 3.20. The molecule has 0 radical (unpaired) electrons. The number of aromatic amines is 1. The second kappa shape index (κ2) is 12.5. The maximum Gasteiger partial charge on any atom is 0.252 e. The molecule has 3 unspecified atom stereocenters. The van der Waals surface area contributed by atoms with Crippen molar-refractivity contribution in [2.45, 2.75) is 32.2 Å². The molecule has 1 saturated heterocycles. The first-order chi connectivity index (χ1) is 13.1. The zero-order valence-corrected chi connectivity index (χ0v) is 18.0. The molecule has 0 spiro atoms. The van der Waals surface area contributed by atoms with Gasteiger partial charge < -0.3 is 16.0 Å². The van der Waals surface area contributed by atoms with Crippen LogP contribution in [0, 0.1) is 11.8 Å². The SMILES string of the molecule is CC(CC(=O)NC(C(=O)Nc1ccn[nH]1)c1ccccc1)C1CCCNC1.Cl.Cl. The molecule has 9 heteroatoms. The van der Waals surface area contributed by atoms with Gasteiger partial charge in [-0.2, -0.15) is 5.10 Å². The van der Waals surface area contributed by atoms with Crippen LogP contribution in [-0.2, 0) is 9.59 Å². The highest BCUT2D eigenvalue weighted by Crippen LogP contribution is 2.23. The lowest BCUT2D eigenvalue weighted by atomic mass is 9.85. The summed E-state index contributed by atoms with van der Waals surface area (Å²) in [5.41, 5.74) is 0.745. The molecule has 3 rings (SSSR count). The molecule has 1 aliphatic rings. The molecule has 29 heavy (non-hydrogen) atoms. The van der Waals surface area contributed by atoms with Crippen molar-refractivity contribution < 1.29 is 9.59 Å². The summed E-state index contributed by atoms with van der Waals surface area (Å²) in [6.45, 7) is 4.12. The first-order valence-corrected chi connectivity index (χ1v) is 9.48. The van der Waals surface area contributed by atoms with E-state index in [-0.39, 0.29) is 42.5 Å². The summed E-state index contributed by atoms with van der Waals surface area (Å²) in [7, 11) is 0. The van der Waals surface area contributed by atoms with Crippen LogP contribution in [0.15, 0.2) is 42.6 Å². The van der Waals surface area contributed by atoms with Gasteiger partial charge in [0.2, 0.25) is 5.91 Å². The molecule has 1 aromatic heterocycles. The molecule has 1 aliphatic heterocycles. The molecule has 1 aromatic carbocycles. The highest BCUT2D eigenvalue weighted by Gasteiger charge is 2.26. The zero-order valence-electron chi connectivity index (χ0n) is 16.4. The summed E-state index contributed by atoms with van der Waals surface area (Å²) in [4.78, 5) is 25.4. The van der Waals surface area contributed by atoms with Crippen LogP contribution < -0.4 is 16.0 Å². The Labute approximate surface area is 183 Å². The van der Waals surface area contributed by atoms with Crippen molar-refractivity contribution in [1.29, 1.82) is 0 Å². The number of H-pyrrole nitrogens is 1. The number of anilines is 1. The molecule has 0 aliphatic carbocycles. The first kappa shape index (κ1) is 24.9. The molecule has 160 valence electrons. The first-order valence-electron chi connectivity index (χ1n) is 9.48. The Bertz CT molecular complexity index is 737. The molecule has 0 saturated carbocycles. The molecule has 1 fully saturated rings. The van der Waals surface area contributed by atoms with E-state index in [2.05, 4.69) is 33.1 Å². The highest BCUT2D eigenvalue weighted by atomic mass is 35.5. The molecule has 0 bridgehead atoms. The van der Waals surface area contributed by atoms with Crippen LogP contribution in [0.2, 0.25) is 0 Å². The van der Waals surface area contributed by atoms with Crippen LogP contribution in [0.1, 0.15) is 37.8 Å². The molecule has 4 N–H and O–H groups in total. The van der Waals surface area contributed by atoms with Crippen molar-refractivity contribution >= 4 is 42.4 Å². The van der Waals surface area contributed by atoms with Crippen molar-refractivity contribution in [1.82, 2.24) is 20.8 Å². The van der Waals surface area contributed by atoms with E-state index < -0.39 is 6.04 Å². The second-order valence-corrected chi connectivity index (χ2v) is 7.16. The summed E-state index contributed by atoms with van der Waals surface area (Å²) in [5.74, 6) is 0.854. The van der Waals surface area contributed by atoms with Gasteiger partial charge in [-0.25, -0.2) is 0 Å². The number of amides is 2. The Balaban J connectivity index is 0.00000210. The third kappa shape index (κ3) is 7.34. The van der Waals surface area contributed by atoms with E-state index in [1.807, 2.05) is 30.3 Å². The van der Waals surface area contributed by atoms with Crippen LogP contribution >= 0.6 is 24.8 Å². The third-order valence-corrected chi connectivity index (χ3v) is 5.11. The molecule has 7 nitrogen and oxygen atoms in total. The van der Waals surface area contributed by atoms with Crippen LogP contribution in [-0.4, -0.2) is 35.1 Å². The fraction of sp³-hybridized carbons (Fsp3) is 0.450. The van der Waals surface area contributed by atoms with Gasteiger partial charge in [-0.3, -0.25) is 14.7 Å². The van der Waals surface area contributed by atoms with Crippen molar-refractivity contribution in [3.63, 3.8) is 0 Å². The summed E-state index contributed by atoms with van der Waals surface area (Å²) in [6.07, 6.45) is 4.26. The minimum Gasteiger partial charge on any atom is -0.341 e. The predicted octanol–water partition coefficient (Wildman–Crippen LogP) is 3.08. The minimum absolute atomic E-state index is 0. The molecule has 2 heterocycles. The fourth-order valence-corrected chi connectivity index (χ4v) is 3.52. The number of carbonyl (C=O) groups excluding carboxylic acids is 2. The van der Waals surface area contributed by atoms with Gasteiger partial charge in [0, 0.05) is 12.5 Å². The smallest absolute Gasteiger partial charge is 0.252 e. The second-order valence-electron chi connectivity index (χ2n) is 7.16. The number of rotatable bonds is 7. The Morgan fingerprint density at radius 1 is 1.21 bits per heavy atom. The summed E-state index contributed by atoms with van der Waals surface area (Å²) < 4.78 is 0.